The van der Waals surface area contributed by atoms with Crippen molar-refractivity contribution in [1.29, 1.82) is 0 Å². The van der Waals surface area contributed by atoms with Crippen molar-refractivity contribution < 1.29 is 9.59 Å². The summed E-state index contributed by atoms with van der Waals surface area (Å²) in [5.74, 6) is 0.191. The molecule has 0 saturated heterocycles. The molecule has 0 aliphatic rings. The topological polar surface area (TPSA) is 49.4 Å². The molecule has 2 amide bonds. The summed E-state index contributed by atoms with van der Waals surface area (Å²) in [4.78, 5) is 27.2. The lowest BCUT2D eigenvalue weighted by molar-refractivity contribution is -0.140. The van der Waals surface area contributed by atoms with Gasteiger partial charge in [0.15, 0.2) is 0 Å². The lowest BCUT2D eigenvalue weighted by Gasteiger charge is -2.29. The summed E-state index contributed by atoms with van der Waals surface area (Å²) in [5.41, 5.74) is 2.06. The Morgan fingerprint density at radius 3 is 2.21 bits per heavy atom. The SMILES string of the molecule is CC(C)CNC(=O)[C@@H](C)N(Cc1ccc(Cl)cc1)C(=O)CCc1ccccc1. The summed E-state index contributed by atoms with van der Waals surface area (Å²) < 4.78 is 0. The van der Waals surface area contributed by atoms with Gasteiger partial charge in [0.25, 0.3) is 0 Å². The molecule has 28 heavy (non-hydrogen) atoms. The van der Waals surface area contributed by atoms with E-state index in [1.54, 1.807) is 24.0 Å². The molecule has 2 aromatic carbocycles. The maximum Gasteiger partial charge on any atom is 0.242 e. The Kier molecular flexibility index (Phi) is 8.52. The molecule has 2 rings (SSSR count). The van der Waals surface area contributed by atoms with Gasteiger partial charge in [0.05, 0.1) is 0 Å². The van der Waals surface area contributed by atoms with Crippen molar-refractivity contribution in [3.63, 3.8) is 0 Å². The van der Waals surface area contributed by atoms with Crippen LogP contribution in [-0.4, -0.2) is 29.3 Å². The standard InChI is InChI=1S/C23H29ClN2O2/c1-17(2)15-25-23(28)18(3)26(16-20-9-12-21(24)13-10-20)22(27)14-11-19-7-5-4-6-8-19/h4-10,12-13,17-18H,11,14-16H2,1-3H3,(H,25,28)/t18-/m1/s1. The Hall–Kier alpha value is -2.33. The number of nitrogens with zero attached hydrogens (tertiary/aromatic N) is 1. The number of halogens is 1. The number of nitrogens with one attached hydrogen (secondary N) is 1. The van der Waals surface area contributed by atoms with Crippen molar-refractivity contribution in [2.24, 2.45) is 5.92 Å². The smallest absolute Gasteiger partial charge is 0.242 e. The molecular formula is C23H29ClN2O2. The van der Waals surface area contributed by atoms with Crippen LogP contribution in [0, 0.1) is 5.92 Å². The van der Waals surface area contributed by atoms with E-state index in [9.17, 15) is 9.59 Å². The van der Waals surface area contributed by atoms with Crippen LogP contribution < -0.4 is 5.32 Å². The molecule has 1 atom stereocenters. The Morgan fingerprint density at radius 1 is 0.964 bits per heavy atom. The molecule has 0 heterocycles. The van der Waals surface area contributed by atoms with Crippen molar-refractivity contribution in [3.05, 3.63) is 70.7 Å². The number of benzene rings is 2. The van der Waals surface area contributed by atoms with Crippen molar-refractivity contribution in [2.45, 2.75) is 46.2 Å². The summed E-state index contributed by atoms with van der Waals surface area (Å²) in [6.45, 7) is 6.84. The average molecular weight is 401 g/mol. The highest BCUT2D eigenvalue weighted by Gasteiger charge is 2.25. The van der Waals surface area contributed by atoms with Gasteiger partial charge in [-0.2, -0.15) is 0 Å². The first-order valence-corrected chi connectivity index (χ1v) is 10.1. The van der Waals surface area contributed by atoms with Gasteiger partial charge in [-0.15, -0.1) is 0 Å². The second kappa shape index (κ2) is 10.9. The van der Waals surface area contributed by atoms with Gasteiger partial charge >= 0.3 is 0 Å². The molecule has 0 radical (unpaired) electrons. The number of rotatable bonds is 9. The first-order chi connectivity index (χ1) is 13.4. The van der Waals surface area contributed by atoms with Gasteiger partial charge in [0.2, 0.25) is 11.8 Å². The molecule has 5 heteroatoms. The molecule has 0 spiro atoms. The van der Waals surface area contributed by atoms with Crippen LogP contribution in [0.4, 0.5) is 0 Å². The largest absolute Gasteiger partial charge is 0.354 e. The molecule has 0 bridgehead atoms. The fraction of sp³-hybridized carbons (Fsp3) is 0.391. The molecule has 2 aromatic rings. The van der Waals surface area contributed by atoms with E-state index < -0.39 is 6.04 Å². The van der Waals surface area contributed by atoms with E-state index in [-0.39, 0.29) is 11.8 Å². The van der Waals surface area contributed by atoms with Crippen LogP contribution in [0.15, 0.2) is 54.6 Å². The van der Waals surface area contributed by atoms with E-state index in [1.165, 1.54) is 0 Å². The monoisotopic (exact) mass is 400 g/mol. The summed E-state index contributed by atoms with van der Waals surface area (Å²) in [6.07, 6.45) is 1.01. The van der Waals surface area contributed by atoms with Gasteiger partial charge in [-0.3, -0.25) is 9.59 Å². The lowest BCUT2D eigenvalue weighted by Crippen LogP contribution is -2.48. The number of carbonyl (C=O) groups is 2. The van der Waals surface area contributed by atoms with E-state index in [0.717, 1.165) is 11.1 Å². The fourth-order valence-corrected chi connectivity index (χ4v) is 2.99. The molecule has 0 aliphatic carbocycles. The summed E-state index contributed by atoms with van der Waals surface area (Å²) in [6, 6.07) is 16.7. The maximum absolute atomic E-state index is 13.0. The zero-order valence-electron chi connectivity index (χ0n) is 16.8. The van der Waals surface area contributed by atoms with Crippen LogP contribution in [0.1, 0.15) is 38.3 Å². The van der Waals surface area contributed by atoms with Gasteiger partial charge in [-0.05, 0) is 42.5 Å². The predicted molar refractivity (Wildman–Crippen MR) is 114 cm³/mol. The minimum Gasteiger partial charge on any atom is -0.354 e. The minimum absolute atomic E-state index is 0.0361. The van der Waals surface area contributed by atoms with Crippen molar-refractivity contribution in [1.82, 2.24) is 10.2 Å². The normalized spacial score (nSPS) is 11.9. The molecule has 0 unspecified atom stereocenters. The van der Waals surface area contributed by atoms with Crippen LogP contribution in [-0.2, 0) is 22.6 Å². The average Bonchev–Trinajstić information content (AvgIpc) is 2.70. The number of aryl methyl sites for hydroxylation is 1. The third kappa shape index (κ3) is 7.01. The highest BCUT2D eigenvalue weighted by atomic mass is 35.5. The predicted octanol–water partition coefficient (Wildman–Crippen LogP) is 4.46. The highest BCUT2D eigenvalue weighted by Crippen LogP contribution is 2.15. The van der Waals surface area contributed by atoms with E-state index in [2.05, 4.69) is 5.32 Å². The zero-order valence-corrected chi connectivity index (χ0v) is 17.6. The number of carbonyl (C=O) groups excluding carboxylic acids is 2. The minimum atomic E-state index is -0.544. The number of amides is 2. The van der Waals surface area contributed by atoms with E-state index in [1.807, 2.05) is 56.3 Å². The second-order valence-corrected chi connectivity index (χ2v) is 7.89. The quantitative estimate of drug-likeness (QED) is 0.675. The zero-order chi connectivity index (χ0) is 20.5. The van der Waals surface area contributed by atoms with Gasteiger partial charge < -0.3 is 10.2 Å². The lowest BCUT2D eigenvalue weighted by atomic mass is 10.1. The summed E-state index contributed by atoms with van der Waals surface area (Å²) >= 11 is 5.97. The molecule has 0 aromatic heterocycles. The fourth-order valence-electron chi connectivity index (χ4n) is 2.86. The molecule has 150 valence electrons. The summed E-state index contributed by atoms with van der Waals surface area (Å²) in [7, 11) is 0. The molecule has 0 aliphatic heterocycles. The van der Waals surface area contributed by atoms with Gasteiger partial charge in [-0.25, -0.2) is 0 Å². The number of hydrogen-bond acceptors (Lipinski definition) is 2. The van der Waals surface area contributed by atoms with E-state index in [4.69, 9.17) is 11.6 Å². The van der Waals surface area contributed by atoms with Gasteiger partial charge in [0, 0.05) is 24.5 Å². The van der Waals surface area contributed by atoms with Gasteiger partial charge in [-0.1, -0.05) is 67.9 Å². The molecular weight excluding hydrogens is 372 g/mol. The third-order valence-corrected chi connectivity index (χ3v) is 4.84. The maximum atomic E-state index is 13.0. The highest BCUT2D eigenvalue weighted by molar-refractivity contribution is 6.30. The Morgan fingerprint density at radius 2 is 1.61 bits per heavy atom. The first kappa shape index (κ1) is 22.0. The van der Waals surface area contributed by atoms with Crippen LogP contribution in [0.2, 0.25) is 5.02 Å². The van der Waals surface area contributed by atoms with Crippen LogP contribution >= 0.6 is 11.6 Å². The van der Waals surface area contributed by atoms with E-state index >= 15 is 0 Å². The molecule has 0 saturated carbocycles. The molecule has 1 N–H and O–H groups in total. The van der Waals surface area contributed by atoms with Gasteiger partial charge in [0.1, 0.15) is 6.04 Å². The Balaban J connectivity index is 2.10. The first-order valence-electron chi connectivity index (χ1n) is 9.72. The van der Waals surface area contributed by atoms with Crippen LogP contribution in [0.5, 0.6) is 0 Å². The number of hydrogen-bond donors (Lipinski definition) is 1. The Labute approximate surface area is 172 Å². The van der Waals surface area contributed by atoms with Crippen molar-refractivity contribution in [3.8, 4) is 0 Å². The van der Waals surface area contributed by atoms with E-state index in [0.29, 0.717) is 36.9 Å². The summed E-state index contributed by atoms with van der Waals surface area (Å²) in [5, 5.41) is 3.58. The molecule has 4 nitrogen and oxygen atoms in total. The third-order valence-electron chi connectivity index (χ3n) is 4.59. The second-order valence-electron chi connectivity index (χ2n) is 7.45. The van der Waals surface area contributed by atoms with Crippen molar-refractivity contribution in [2.75, 3.05) is 6.54 Å². The Bertz CT molecular complexity index is 760. The van der Waals surface area contributed by atoms with Crippen LogP contribution in [0.3, 0.4) is 0 Å². The molecule has 0 fully saturated rings. The van der Waals surface area contributed by atoms with Crippen molar-refractivity contribution >= 4 is 23.4 Å². The van der Waals surface area contributed by atoms with Crippen LogP contribution in [0.25, 0.3) is 0 Å².